The summed E-state index contributed by atoms with van der Waals surface area (Å²) in [6, 6.07) is 0. The van der Waals surface area contributed by atoms with Crippen LogP contribution < -0.4 is 0 Å². The number of hydrogen-bond acceptors (Lipinski definition) is 6. The summed E-state index contributed by atoms with van der Waals surface area (Å²) in [6.07, 6.45) is 0. The van der Waals surface area contributed by atoms with Gasteiger partial charge in [-0.05, 0) is 6.92 Å². The van der Waals surface area contributed by atoms with Crippen molar-refractivity contribution in [2.24, 2.45) is 0 Å². The molecule has 0 spiro atoms. The first-order chi connectivity index (χ1) is 6.47. The van der Waals surface area contributed by atoms with E-state index in [0.717, 1.165) is 0 Å². The molecule has 0 aliphatic heterocycles. The highest BCUT2D eigenvalue weighted by Gasteiger charge is 2.40. The molecule has 0 aliphatic carbocycles. The predicted molar refractivity (Wildman–Crippen MR) is 45.5 cm³/mol. The first kappa shape index (κ1) is 15.4. The van der Waals surface area contributed by atoms with Gasteiger partial charge in [0.2, 0.25) is 0 Å². The molecule has 13 heteroatoms. The minimum atomic E-state index is -5.37. The lowest BCUT2D eigenvalue weighted by atomic mass is 10.9. The van der Waals surface area contributed by atoms with Crippen molar-refractivity contribution in [3.05, 3.63) is 0 Å². The van der Waals surface area contributed by atoms with E-state index in [1.165, 1.54) is 6.92 Å². The van der Waals surface area contributed by atoms with Crippen LogP contribution in [0.25, 0.3) is 0 Å². The molecular weight excluding hydrogens is 277 g/mol. The molecule has 2 atom stereocenters. The standard InChI is InChI=1S/C2H9O10P3/c1-2-10-14(6,7)12-15(8,9)11-13(3,4)5/h2H2,1H3,(H,6,7)(H,8,9)(H2,3,4,5). The fourth-order valence-corrected chi connectivity index (χ4v) is 3.49. The number of phosphoric acid groups is 3. The van der Waals surface area contributed by atoms with Crippen LogP contribution in [0.1, 0.15) is 6.92 Å². The molecule has 4 N–H and O–H groups in total. The highest BCUT2D eigenvalue weighted by Crippen LogP contribution is 2.66. The Hall–Kier alpha value is 0.410. The summed E-state index contributed by atoms with van der Waals surface area (Å²) >= 11 is 0. The second-order valence-corrected chi connectivity index (χ2v) is 6.43. The highest BCUT2D eigenvalue weighted by atomic mass is 31.3. The van der Waals surface area contributed by atoms with E-state index in [2.05, 4.69) is 13.1 Å². The van der Waals surface area contributed by atoms with E-state index < -0.39 is 23.5 Å². The van der Waals surface area contributed by atoms with E-state index in [4.69, 9.17) is 19.6 Å². The van der Waals surface area contributed by atoms with E-state index in [0.29, 0.717) is 0 Å². The molecule has 0 amide bonds. The van der Waals surface area contributed by atoms with Crippen LogP contribution in [-0.4, -0.2) is 26.2 Å². The van der Waals surface area contributed by atoms with Crippen LogP contribution >= 0.6 is 23.5 Å². The second-order valence-electron chi connectivity index (χ2n) is 2.01. The molecule has 0 aromatic heterocycles. The Morgan fingerprint density at radius 2 is 1.40 bits per heavy atom. The van der Waals surface area contributed by atoms with Crippen molar-refractivity contribution in [3.8, 4) is 0 Å². The van der Waals surface area contributed by atoms with E-state index in [-0.39, 0.29) is 6.61 Å². The van der Waals surface area contributed by atoms with E-state index in [1.54, 1.807) is 0 Å². The van der Waals surface area contributed by atoms with Crippen molar-refractivity contribution in [2.75, 3.05) is 6.61 Å². The molecule has 0 fully saturated rings. The van der Waals surface area contributed by atoms with Crippen molar-refractivity contribution in [1.82, 2.24) is 0 Å². The van der Waals surface area contributed by atoms with E-state index in [1.807, 2.05) is 0 Å². The van der Waals surface area contributed by atoms with Gasteiger partial charge in [-0.15, -0.1) is 0 Å². The topological polar surface area (TPSA) is 160 Å². The molecule has 0 saturated carbocycles. The lowest BCUT2D eigenvalue weighted by molar-refractivity contribution is 0.177. The summed E-state index contributed by atoms with van der Waals surface area (Å²) < 4.78 is 42.4. The molecule has 0 rings (SSSR count). The second kappa shape index (κ2) is 5.16. The SMILES string of the molecule is CCOP(=O)(O)OP(=O)(O)OP(=O)(O)O. The van der Waals surface area contributed by atoms with Crippen LogP contribution in [0.4, 0.5) is 0 Å². The van der Waals surface area contributed by atoms with Crippen LogP contribution in [0.2, 0.25) is 0 Å². The predicted octanol–water partition coefficient (Wildman–Crippen LogP) is 0.350. The number of hydrogen-bond donors (Lipinski definition) is 4. The van der Waals surface area contributed by atoms with Gasteiger partial charge in [0.15, 0.2) is 0 Å². The summed E-state index contributed by atoms with van der Waals surface area (Å²) in [4.78, 5) is 33.6. The van der Waals surface area contributed by atoms with Crippen molar-refractivity contribution in [3.63, 3.8) is 0 Å². The van der Waals surface area contributed by atoms with Gasteiger partial charge in [-0.1, -0.05) is 0 Å². The smallest absolute Gasteiger partial charge is 0.302 e. The fraction of sp³-hybridized carbons (Fsp3) is 1.00. The zero-order valence-electron chi connectivity index (χ0n) is 7.29. The summed E-state index contributed by atoms with van der Waals surface area (Å²) in [5.41, 5.74) is 0. The third kappa shape index (κ3) is 8.24. The van der Waals surface area contributed by atoms with Crippen molar-refractivity contribution < 1.29 is 46.4 Å². The third-order valence-electron chi connectivity index (χ3n) is 0.708. The summed E-state index contributed by atoms with van der Waals surface area (Å²) in [7, 11) is -15.6. The van der Waals surface area contributed by atoms with Gasteiger partial charge in [0.1, 0.15) is 0 Å². The van der Waals surface area contributed by atoms with Gasteiger partial charge >= 0.3 is 23.5 Å². The van der Waals surface area contributed by atoms with Crippen LogP contribution in [0.5, 0.6) is 0 Å². The van der Waals surface area contributed by atoms with Gasteiger partial charge in [-0.3, -0.25) is 4.52 Å². The zero-order chi connectivity index (χ0) is 12.3. The van der Waals surface area contributed by atoms with Crippen molar-refractivity contribution in [1.29, 1.82) is 0 Å². The Bertz CT molecular complexity index is 341. The maximum atomic E-state index is 10.8. The average molecular weight is 286 g/mol. The van der Waals surface area contributed by atoms with Gasteiger partial charge in [0.05, 0.1) is 6.61 Å². The van der Waals surface area contributed by atoms with Crippen molar-refractivity contribution in [2.45, 2.75) is 6.92 Å². The monoisotopic (exact) mass is 286 g/mol. The van der Waals surface area contributed by atoms with Crippen LogP contribution in [0.15, 0.2) is 0 Å². The maximum Gasteiger partial charge on any atom is 0.490 e. The Labute approximate surface area is 84.3 Å². The molecule has 0 saturated heterocycles. The molecule has 0 bridgehead atoms. The normalized spacial score (nSPS) is 20.6. The third-order valence-corrected chi connectivity index (χ3v) is 4.62. The Morgan fingerprint density at radius 3 is 1.73 bits per heavy atom. The number of phosphoric ester groups is 1. The van der Waals surface area contributed by atoms with Crippen LogP contribution in [0.3, 0.4) is 0 Å². The molecule has 15 heavy (non-hydrogen) atoms. The molecule has 0 aliphatic rings. The van der Waals surface area contributed by atoms with Gasteiger partial charge in [0, 0.05) is 0 Å². The first-order valence-corrected chi connectivity index (χ1v) is 7.78. The average Bonchev–Trinajstić information content (AvgIpc) is 1.74. The maximum absolute atomic E-state index is 10.8. The largest absolute Gasteiger partial charge is 0.490 e. The minimum Gasteiger partial charge on any atom is -0.302 e. The minimum absolute atomic E-state index is 0.316. The first-order valence-electron chi connectivity index (χ1n) is 3.26. The van der Waals surface area contributed by atoms with Crippen LogP contribution in [0, 0.1) is 0 Å². The molecule has 10 nitrogen and oxygen atoms in total. The highest BCUT2D eigenvalue weighted by molar-refractivity contribution is 7.66. The Balaban J connectivity index is 4.59. The van der Waals surface area contributed by atoms with Gasteiger partial charge in [-0.2, -0.15) is 8.62 Å². The summed E-state index contributed by atoms with van der Waals surface area (Å²) in [5.74, 6) is 0. The summed E-state index contributed by atoms with van der Waals surface area (Å²) in [6.45, 7) is 0.974. The molecule has 0 heterocycles. The van der Waals surface area contributed by atoms with Gasteiger partial charge < -0.3 is 19.6 Å². The van der Waals surface area contributed by atoms with Crippen molar-refractivity contribution >= 4 is 23.5 Å². The molecule has 92 valence electrons. The zero-order valence-corrected chi connectivity index (χ0v) is 9.97. The Morgan fingerprint density at radius 1 is 0.933 bits per heavy atom. The van der Waals surface area contributed by atoms with Gasteiger partial charge in [-0.25, -0.2) is 13.7 Å². The van der Waals surface area contributed by atoms with Gasteiger partial charge in [0.25, 0.3) is 0 Å². The quantitative estimate of drug-likeness (QED) is 0.501. The van der Waals surface area contributed by atoms with E-state index in [9.17, 15) is 13.7 Å². The fourth-order valence-electron chi connectivity index (χ4n) is 0.466. The Kier molecular flexibility index (Phi) is 5.30. The number of rotatable bonds is 6. The summed E-state index contributed by atoms with van der Waals surface area (Å²) in [5, 5.41) is 0. The van der Waals surface area contributed by atoms with E-state index >= 15 is 0 Å². The molecule has 0 aromatic carbocycles. The molecule has 2 unspecified atom stereocenters. The molecule has 0 aromatic rings. The molecule has 0 radical (unpaired) electrons. The molecular formula is C2H9O10P3. The lowest BCUT2D eigenvalue weighted by Crippen LogP contribution is -1.95. The lowest BCUT2D eigenvalue weighted by Gasteiger charge is -2.15. The van der Waals surface area contributed by atoms with Crippen LogP contribution in [-0.2, 0) is 26.8 Å².